The third-order valence-corrected chi connectivity index (χ3v) is 5.03. The van der Waals surface area contributed by atoms with Gasteiger partial charge in [-0.2, -0.15) is 0 Å². The largest absolute Gasteiger partial charge is 0.385 e. The van der Waals surface area contributed by atoms with Gasteiger partial charge < -0.3 is 14.6 Å². The van der Waals surface area contributed by atoms with E-state index in [0.717, 1.165) is 11.1 Å². The van der Waals surface area contributed by atoms with Gasteiger partial charge in [-0.1, -0.05) is 12.1 Å². The highest BCUT2D eigenvalue weighted by atomic mass is 16.5. The summed E-state index contributed by atoms with van der Waals surface area (Å²) in [6.07, 6.45) is 5.78. The highest BCUT2D eigenvalue weighted by Crippen LogP contribution is 2.18. The maximum atomic E-state index is 13.1. The van der Waals surface area contributed by atoms with Crippen molar-refractivity contribution in [2.45, 2.75) is 26.4 Å². The van der Waals surface area contributed by atoms with Crippen molar-refractivity contribution in [2.24, 2.45) is 0 Å². The molecular weight excluding hydrogens is 382 g/mol. The molecular formula is C22H23N5O3. The van der Waals surface area contributed by atoms with Crippen LogP contribution >= 0.6 is 0 Å². The summed E-state index contributed by atoms with van der Waals surface area (Å²) in [7, 11) is 1.64. The van der Waals surface area contributed by atoms with Crippen molar-refractivity contribution in [1.82, 2.24) is 24.3 Å². The van der Waals surface area contributed by atoms with Gasteiger partial charge in [0.05, 0.1) is 5.39 Å². The molecule has 0 atom stereocenters. The molecule has 0 aromatic carbocycles. The standard InChI is InChI=1S/C22H23N5O3/c1-15-6-4-9-27-19(15)25-20-17(22(27)29)12-18(26(20)10-5-11-30-2)21(28)24-14-16-7-3-8-23-13-16/h3-4,6-9,12-13H,5,10-11,14H2,1-2H3,(H,24,28). The fourth-order valence-corrected chi connectivity index (χ4v) is 3.52. The van der Waals surface area contributed by atoms with Crippen LogP contribution in [0.15, 0.2) is 53.7 Å². The Morgan fingerprint density at radius 2 is 2.10 bits per heavy atom. The van der Waals surface area contributed by atoms with Crippen LogP contribution in [0.25, 0.3) is 16.7 Å². The third kappa shape index (κ3) is 3.69. The average molecular weight is 405 g/mol. The van der Waals surface area contributed by atoms with E-state index < -0.39 is 0 Å². The Kier molecular flexibility index (Phi) is 5.58. The van der Waals surface area contributed by atoms with Crippen LogP contribution in [0.3, 0.4) is 0 Å². The van der Waals surface area contributed by atoms with Gasteiger partial charge in [0.1, 0.15) is 17.0 Å². The van der Waals surface area contributed by atoms with Crippen molar-refractivity contribution in [3.63, 3.8) is 0 Å². The summed E-state index contributed by atoms with van der Waals surface area (Å²) in [4.78, 5) is 34.9. The van der Waals surface area contributed by atoms with E-state index in [1.54, 1.807) is 36.3 Å². The van der Waals surface area contributed by atoms with Gasteiger partial charge in [-0.3, -0.25) is 19.0 Å². The Balaban J connectivity index is 1.79. The third-order valence-electron chi connectivity index (χ3n) is 5.03. The Hall–Kier alpha value is -3.52. The van der Waals surface area contributed by atoms with E-state index in [0.29, 0.717) is 48.5 Å². The second kappa shape index (κ2) is 8.46. The first kappa shape index (κ1) is 19.8. The summed E-state index contributed by atoms with van der Waals surface area (Å²) in [5.41, 5.74) is 3.10. The predicted octanol–water partition coefficient (Wildman–Crippen LogP) is 2.32. The second-order valence-corrected chi connectivity index (χ2v) is 7.11. The van der Waals surface area contributed by atoms with Crippen LogP contribution in [-0.4, -0.2) is 38.6 Å². The molecule has 0 saturated heterocycles. The first-order valence-electron chi connectivity index (χ1n) is 9.77. The lowest BCUT2D eigenvalue weighted by Gasteiger charge is -2.11. The number of nitrogens with zero attached hydrogens (tertiary/aromatic N) is 4. The van der Waals surface area contributed by atoms with Gasteiger partial charge >= 0.3 is 0 Å². The SMILES string of the molecule is COCCCn1c(C(=O)NCc2cccnc2)cc2c(=O)n3cccc(C)c3nc21. The van der Waals surface area contributed by atoms with Crippen LogP contribution in [0.1, 0.15) is 28.0 Å². The number of pyridine rings is 2. The number of hydrogen-bond acceptors (Lipinski definition) is 5. The van der Waals surface area contributed by atoms with Gasteiger partial charge in [0.2, 0.25) is 0 Å². The average Bonchev–Trinajstić information content (AvgIpc) is 3.13. The fraction of sp³-hybridized carbons (Fsp3) is 0.273. The molecule has 0 bridgehead atoms. The van der Waals surface area contributed by atoms with Gasteiger partial charge in [-0.25, -0.2) is 4.98 Å². The maximum absolute atomic E-state index is 13.1. The van der Waals surface area contributed by atoms with E-state index >= 15 is 0 Å². The molecule has 0 aliphatic heterocycles. The molecule has 0 spiro atoms. The summed E-state index contributed by atoms with van der Waals surface area (Å²) in [6, 6.07) is 9.07. The minimum Gasteiger partial charge on any atom is -0.385 e. The van der Waals surface area contributed by atoms with Gasteiger partial charge in [0, 0.05) is 45.4 Å². The van der Waals surface area contributed by atoms with Crippen molar-refractivity contribution in [3.05, 3.63) is 76.1 Å². The van der Waals surface area contributed by atoms with E-state index in [2.05, 4.69) is 10.3 Å². The van der Waals surface area contributed by atoms with Crippen LogP contribution in [0.2, 0.25) is 0 Å². The minimum atomic E-state index is -0.264. The fourth-order valence-electron chi connectivity index (χ4n) is 3.52. The molecule has 4 heterocycles. The van der Waals surface area contributed by atoms with Gasteiger partial charge in [-0.15, -0.1) is 0 Å². The van der Waals surface area contributed by atoms with Gasteiger partial charge in [-0.05, 0) is 42.7 Å². The molecule has 0 aliphatic carbocycles. The number of aromatic nitrogens is 4. The topological polar surface area (TPSA) is 90.5 Å². The number of fused-ring (bicyclic) bond motifs is 2. The number of carbonyl (C=O) groups is 1. The summed E-state index contributed by atoms with van der Waals surface area (Å²) in [6.45, 7) is 3.32. The zero-order chi connectivity index (χ0) is 21.1. The molecule has 8 heteroatoms. The monoisotopic (exact) mass is 405 g/mol. The Labute approximate surface area is 173 Å². The molecule has 0 unspecified atom stereocenters. The number of aryl methyl sites for hydroxylation is 2. The lowest BCUT2D eigenvalue weighted by Crippen LogP contribution is -2.25. The molecule has 0 saturated carbocycles. The molecule has 1 amide bonds. The number of carbonyl (C=O) groups excluding carboxylic acids is 1. The maximum Gasteiger partial charge on any atom is 0.268 e. The zero-order valence-electron chi connectivity index (χ0n) is 17.0. The smallest absolute Gasteiger partial charge is 0.268 e. The number of amides is 1. The van der Waals surface area contributed by atoms with Crippen LogP contribution in [0, 0.1) is 6.92 Å². The number of hydrogen-bond donors (Lipinski definition) is 1. The van der Waals surface area contributed by atoms with Crippen molar-refractivity contribution in [3.8, 4) is 0 Å². The summed E-state index contributed by atoms with van der Waals surface area (Å²) in [5, 5.41) is 3.33. The van der Waals surface area contributed by atoms with Crippen LogP contribution in [-0.2, 0) is 17.8 Å². The Bertz CT molecular complexity index is 1260. The number of methoxy groups -OCH3 is 1. The van der Waals surface area contributed by atoms with Crippen LogP contribution in [0.4, 0.5) is 0 Å². The van der Waals surface area contributed by atoms with Crippen molar-refractivity contribution in [1.29, 1.82) is 0 Å². The van der Waals surface area contributed by atoms with E-state index in [1.807, 2.05) is 31.2 Å². The molecule has 30 heavy (non-hydrogen) atoms. The van der Waals surface area contributed by atoms with E-state index in [4.69, 9.17) is 9.72 Å². The number of nitrogens with one attached hydrogen (secondary N) is 1. The van der Waals surface area contributed by atoms with Gasteiger partial charge in [0.15, 0.2) is 0 Å². The molecule has 0 radical (unpaired) electrons. The molecule has 4 aromatic heterocycles. The molecule has 1 N–H and O–H groups in total. The quantitative estimate of drug-likeness (QED) is 0.477. The van der Waals surface area contributed by atoms with Crippen LogP contribution < -0.4 is 10.9 Å². The van der Waals surface area contributed by atoms with E-state index in [1.165, 1.54) is 4.40 Å². The molecule has 0 aliphatic rings. The van der Waals surface area contributed by atoms with E-state index in [-0.39, 0.29) is 11.5 Å². The lowest BCUT2D eigenvalue weighted by molar-refractivity contribution is 0.0941. The molecule has 4 aromatic rings. The second-order valence-electron chi connectivity index (χ2n) is 7.11. The Morgan fingerprint density at radius 1 is 1.23 bits per heavy atom. The van der Waals surface area contributed by atoms with Crippen molar-refractivity contribution >= 4 is 22.6 Å². The van der Waals surface area contributed by atoms with E-state index in [9.17, 15) is 9.59 Å². The highest BCUT2D eigenvalue weighted by molar-refractivity contribution is 5.98. The first-order valence-corrected chi connectivity index (χ1v) is 9.77. The van der Waals surface area contributed by atoms with Crippen molar-refractivity contribution < 1.29 is 9.53 Å². The zero-order valence-corrected chi connectivity index (χ0v) is 17.0. The molecule has 4 rings (SSSR count). The lowest BCUT2D eigenvalue weighted by atomic mass is 10.2. The number of ether oxygens (including phenoxy) is 1. The summed E-state index contributed by atoms with van der Waals surface area (Å²) in [5.74, 6) is -0.264. The molecule has 0 fully saturated rings. The predicted molar refractivity (Wildman–Crippen MR) is 114 cm³/mol. The minimum absolute atomic E-state index is 0.189. The first-order chi connectivity index (χ1) is 14.6. The summed E-state index contributed by atoms with van der Waals surface area (Å²) < 4.78 is 8.49. The van der Waals surface area contributed by atoms with Crippen molar-refractivity contribution in [2.75, 3.05) is 13.7 Å². The highest BCUT2D eigenvalue weighted by Gasteiger charge is 2.20. The van der Waals surface area contributed by atoms with Crippen LogP contribution in [0.5, 0.6) is 0 Å². The number of rotatable bonds is 7. The molecule has 8 nitrogen and oxygen atoms in total. The Morgan fingerprint density at radius 3 is 2.87 bits per heavy atom. The molecule has 154 valence electrons. The normalized spacial score (nSPS) is 11.3. The van der Waals surface area contributed by atoms with Gasteiger partial charge in [0.25, 0.3) is 11.5 Å². The summed E-state index contributed by atoms with van der Waals surface area (Å²) >= 11 is 0.